The van der Waals surface area contributed by atoms with E-state index in [1.807, 2.05) is 0 Å². The molecule has 0 aliphatic carbocycles. The van der Waals surface area contributed by atoms with E-state index < -0.39 is 11.6 Å². The van der Waals surface area contributed by atoms with Gasteiger partial charge in [0.15, 0.2) is 0 Å². The second kappa shape index (κ2) is 6.10. The fourth-order valence-corrected chi connectivity index (χ4v) is 2.55. The maximum atomic E-state index is 13.3. The topological polar surface area (TPSA) is 26.0 Å². The van der Waals surface area contributed by atoms with E-state index in [1.165, 1.54) is 12.1 Å². The number of halogens is 2. The average molecular weight is 241 g/mol. The minimum Gasteiger partial charge on any atom is -0.330 e. The lowest BCUT2D eigenvalue weighted by atomic mass is 9.73. The molecule has 0 saturated heterocycles. The van der Waals surface area contributed by atoms with E-state index in [-0.39, 0.29) is 5.41 Å². The van der Waals surface area contributed by atoms with Crippen LogP contribution in [0.3, 0.4) is 0 Å². The Morgan fingerprint density at radius 2 is 1.47 bits per heavy atom. The zero-order valence-electron chi connectivity index (χ0n) is 10.6. The van der Waals surface area contributed by atoms with Gasteiger partial charge < -0.3 is 5.73 Å². The lowest BCUT2D eigenvalue weighted by molar-refractivity contribution is 0.362. The van der Waals surface area contributed by atoms with Crippen molar-refractivity contribution in [3.8, 4) is 0 Å². The maximum Gasteiger partial charge on any atom is 0.126 e. The van der Waals surface area contributed by atoms with E-state index >= 15 is 0 Å². The minimum atomic E-state index is -0.523. The van der Waals surface area contributed by atoms with Gasteiger partial charge in [0, 0.05) is 18.0 Å². The summed E-state index contributed by atoms with van der Waals surface area (Å²) >= 11 is 0. The Bertz CT molecular complexity index is 337. The molecule has 0 aliphatic heterocycles. The molecule has 1 aromatic rings. The summed E-state index contributed by atoms with van der Waals surface area (Å²) in [6, 6.07) is 3.74. The van der Waals surface area contributed by atoms with Crippen LogP contribution in [0, 0.1) is 11.6 Å². The Morgan fingerprint density at radius 3 is 1.82 bits per heavy atom. The Balaban J connectivity index is 3.18. The molecule has 0 aromatic heterocycles. The van der Waals surface area contributed by atoms with Crippen LogP contribution in [0.25, 0.3) is 0 Å². The summed E-state index contributed by atoms with van der Waals surface area (Å²) in [5.41, 5.74) is 6.28. The number of hydrogen-bond acceptors (Lipinski definition) is 1. The Hall–Kier alpha value is -0.960. The van der Waals surface area contributed by atoms with Crippen molar-refractivity contribution in [3.63, 3.8) is 0 Å². The molecule has 0 unspecified atom stereocenters. The van der Waals surface area contributed by atoms with E-state index in [0.717, 1.165) is 31.7 Å². The second-order valence-corrected chi connectivity index (χ2v) is 4.64. The number of rotatable bonds is 6. The summed E-state index contributed by atoms with van der Waals surface area (Å²) in [5.74, 6) is -1.05. The van der Waals surface area contributed by atoms with Crippen molar-refractivity contribution in [1.29, 1.82) is 0 Å². The van der Waals surface area contributed by atoms with Crippen LogP contribution in [0.2, 0.25) is 0 Å². The Labute approximate surface area is 102 Å². The molecule has 2 N–H and O–H groups in total. The molecule has 0 fully saturated rings. The first-order valence-electron chi connectivity index (χ1n) is 6.24. The van der Waals surface area contributed by atoms with Gasteiger partial charge in [-0.1, -0.05) is 26.7 Å². The molecular weight excluding hydrogens is 220 g/mol. The van der Waals surface area contributed by atoms with E-state index in [9.17, 15) is 8.78 Å². The average Bonchev–Trinajstić information content (AvgIpc) is 2.27. The monoisotopic (exact) mass is 241 g/mol. The van der Waals surface area contributed by atoms with E-state index in [0.29, 0.717) is 12.1 Å². The minimum absolute atomic E-state index is 0.285. The fraction of sp³-hybridized carbons (Fsp3) is 0.571. The molecule has 0 heterocycles. The molecule has 96 valence electrons. The lowest BCUT2D eigenvalue weighted by Crippen LogP contribution is -2.35. The van der Waals surface area contributed by atoms with Gasteiger partial charge in [-0.05, 0) is 30.5 Å². The predicted molar refractivity (Wildman–Crippen MR) is 66.9 cm³/mol. The standard InChI is InChI=1S/C14H21F2N/c1-3-5-14(10-17,6-4-2)11-7-12(15)9-13(16)8-11/h7-9H,3-6,10,17H2,1-2H3. The molecule has 1 rings (SSSR count). The van der Waals surface area contributed by atoms with Gasteiger partial charge in [-0.15, -0.1) is 0 Å². The smallest absolute Gasteiger partial charge is 0.126 e. The summed E-state index contributed by atoms with van der Waals surface area (Å²) in [6.45, 7) is 4.56. The first kappa shape index (κ1) is 14.1. The first-order valence-corrected chi connectivity index (χ1v) is 6.24. The number of hydrogen-bond donors (Lipinski definition) is 1. The normalized spacial score (nSPS) is 11.8. The highest BCUT2D eigenvalue weighted by Gasteiger charge is 2.29. The van der Waals surface area contributed by atoms with Gasteiger partial charge in [-0.25, -0.2) is 8.78 Å². The van der Waals surface area contributed by atoms with Gasteiger partial charge in [0.25, 0.3) is 0 Å². The van der Waals surface area contributed by atoms with E-state index in [2.05, 4.69) is 13.8 Å². The Kier molecular flexibility index (Phi) is 5.06. The highest BCUT2D eigenvalue weighted by Crippen LogP contribution is 2.34. The molecule has 1 aromatic carbocycles. The van der Waals surface area contributed by atoms with Crippen molar-refractivity contribution in [3.05, 3.63) is 35.4 Å². The van der Waals surface area contributed by atoms with Crippen molar-refractivity contribution in [2.45, 2.75) is 44.9 Å². The fourth-order valence-electron chi connectivity index (χ4n) is 2.55. The predicted octanol–water partition coefficient (Wildman–Crippen LogP) is 3.76. The molecule has 0 bridgehead atoms. The van der Waals surface area contributed by atoms with Gasteiger partial charge in [-0.3, -0.25) is 0 Å². The molecule has 0 saturated carbocycles. The van der Waals surface area contributed by atoms with Gasteiger partial charge in [0.2, 0.25) is 0 Å². The molecule has 3 heteroatoms. The van der Waals surface area contributed by atoms with Crippen molar-refractivity contribution in [2.75, 3.05) is 6.54 Å². The quantitative estimate of drug-likeness (QED) is 0.806. The third-order valence-corrected chi connectivity index (χ3v) is 3.32. The lowest BCUT2D eigenvalue weighted by Gasteiger charge is -2.33. The van der Waals surface area contributed by atoms with Gasteiger partial charge >= 0.3 is 0 Å². The van der Waals surface area contributed by atoms with Crippen molar-refractivity contribution < 1.29 is 8.78 Å². The SMILES string of the molecule is CCCC(CN)(CCC)c1cc(F)cc(F)c1. The molecule has 0 spiro atoms. The molecule has 0 aliphatic rings. The van der Waals surface area contributed by atoms with Crippen LogP contribution in [-0.4, -0.2) is 6.54 Å². The zero-order valence-corrected chi connectivity index (χ0v) is 10.6. The van der Waals surface area contributed by atoms with Crippen LogP contribution in [-0.2, 0) is 5.41 Å². The van der Waals surface area contributed by atoms with E-state index in [1.54, 1.807) is 0 Å². The third kappa shape index (κ3) is 3.25. The van der Waals surface area contributed by atoms with Crippen LogP contribution in [0.15, 0.2) is 18.2 Å². The van der Waals surface area contributed by atoms with Crippen molar-refractivity contribution in [1.82, 2.24) is 0 Å². The van der Waals surface area contributed by atoms with Crippen LogP contribution >= 0.6 is 0 Å². The molecule has 17 heavy (non-hydrogen) atoms. The van der Waals surface area contributed by atoms with Crippen molar-refractivity contribution >= 4 is 0 Å². The molecular formula is C14H21F2N. The highest BCUT2D eigenvalue weighted by atomic mass is 19.1. The van der Waals surface area contributed by atoms with Gasteiger partial charge in [-0.2, -0.15) is 0 Å². The summed E-state index contributed by atoms with van der Waals surface area (Å²) < 4.78 is 26.6. The second-order valence-electron chi connectivity index (χ2n) is 4.64. The molecule has 0 atom stereocenters. The number of benzene rings is 1. The van der Waals surface area contributed by atoms with E-state index in [4.69, 9.17) is 5.73 Å². The van der Waals surface area contributed by atoms with Crippen LogP contribution in [0.4, 0.5) is 8.78 Å². The molecule has 0 amide bonds. The Morgan fingerprint density at radius 1 is 1.00 bits per heavy atom. The third-order valence-electron chi connectivity index (χ3n) is 3.32. The summed E-state index contributed by atoms with van der Waals surface area (Å²) in [4.78, 5) is 0. The largest absolute Gasteiger partial charge is 0.330 e. The summed E-state index contributed by atoms with van der Waals surface area (Å²) in [5, 5.41) is 0. The van der Waals surface area contributed by atoms with Crippen LogP contribution in [0.1, 0.15) is 45.1 Å². The summed E-state index contributed by atoms with van der Waals surface area (Å²) in [6.07, 6.45) is 3.63. The van der Waals surface area contributed by atoms with Crippen LogP contribution < -0.4 is 5.73 Å². The zero-order chi connectivity index (χ0) is 12.9. The van der Waals surface area contributed by atoms with Crippen LogP contribution in [0.5, 0.6) is 0 Å². The van der Waals surface area contributed by atoms with Gasteiger partial charge in [0.1, 0.15) is 11.6 Å². The van der Waals surface area contributed by atoms with Gasteiger partial charge in [0.05, 0.1) is 0 Å². The molecule has 0 radical (unpaired) electrons. The molecule has 1 nitrogen and oxygen atoms in total. The highest BCUT2D eigenvalue weighted by molar-refractivity contribution is 5.27. The maximum absolute atomic E-state index is 13.3. The number of nitrogens with two attached hydrogens (primary N) is 1. The summed E-state index contributed by atoms with van der Waals surface area (Å²) in [7, 11) is 0. The van der Waals surface area contributed by atoms with Crippen molar-refractivity contribution in [2.24, 2.45) is 5.73 Å². The first-order chi connectivity index (χ1) is 8.07.